The second kappa shape index (κ2) is 12.3. The van der Waals surface area contributed by atoms with E-state index in [1.807, 2.05) is 49.4 Å². The van der Waals surface area contributed by atoms with E-state index in [1.54, 1.807) is 6.20 Å². The molecule has 0 spiro atoms. The number of hydrogen-bond acceptors (Lipinski definition) is 3. The Kier molecular flexibility index (Phi) is 9.61. The number of carbonyl (C=O) groups is 1. The average molecular weight is 368 g/mol. The van der Waals surface area contributed by atoms with Gasteiger partial charge in [0.2, 0.25) is 0 Å². The molecule has 1 heterocycles. The van der Waals surface area contributed by atoms with Crippen LogP contribution in [0.1, 0.15) is 92.9 Å². The number of hydrogen-bond donors (Lipinski definition) is 0. The summed E-state index contributed by atoms with van der Waals surface area (Å²) in [5, 5.41) is 0. The minimum absolute atomic E-state index is 0.217. The van der Waals surface area contributed by atoms with Crippen molar-refractivity contribution in [3.8, 4) is 0 Å². The Labute approximate surface area is 164 Å². The van der Waals surface area contributed by atoms with Gasteiger partial charge in [-0.1, -0.05) is 82.7 Å². The van der Waals surface area contributed by atoms with E-state index in [2.05, 4.69) is 11.9 Å². The molecule has 1 aromatic heterocycles. The Hall–Kier alpha value is -2.16. The molecular formula is C24H33NO2. The van der Waals surface area contributed by atoms with E-state index >= 15 is 0 Å². The van der Waals surface area contributed by atoms with Crippen LogP contribution in [0.15, 0.2) is 48.7 Å². The highest BCUT2D eigenvalue weighted by molar-refractivity contribution is 5.89. The number of pyridine rings is 1. The summed E-state index contributed by atoms with van der Waals surface area (Å²) in [5.41, 5.74) is 2.60. The molecule has 0 radical (unpaired) electrons. The Balaban J connectivity index is 1.77. The lowest BCUT2D eigenvalue weighted by Crippen LogP contribution is -2.11. The summed E-state index contributed by atoms with van der Waals surface area (Å²) in [6.07, 6.45) is 12.2. The summed E-state index contributed by atoms with van der Waals surface area (Å²) in [5.74, 6) is -0.305. The normalized spacial score (nSPS) is 11.9. The van der Waals surface area contributed by atoms with Crippen molar-refractivity contribution in [3.63, 3.8) is 0 Å². The van der Waals surface area contributed by atoms with Gasteiger partial charge in [-0.15, -0.1) is 0 Å². The molecule has 0 bridgehead atoms. The Morgan fingerprint density at radius 3 is 2.26 bits per heavy atom. The molecule has 1 unspecified atom stereocenters. The fourth-order valence-electron chi connectivity index (χ4n) is 3.21. The number of aromatic nitrogens is 1. The van der Waals surface area contributed by atoms with Gasteiger partial charge in [0.05, 0.1) is 5.56 Å². The fraction of sp³-hybridized carbons (Fsp3) is 0.500. The van der Waals surface area contributed by atoms with Crippen LogP contribution in [0.5, 0.6) is 0 Å². The molecular weight excluding hydrogens is 334 g/mol. The maximum absolute atomic E-state index is 12.4. The van der Waals surface area contributed by atoms with Crippen molar-refractivity contribution < 1.29 is 9.53 Å². The monoisotopic (exact) mass is 367 g/mol. The van der Waals surface area contributed by atoms with Crippen molar-refractivity contribution in [1.82, 2.24) is 4.98 Å². The molecule has 0 aliphatic rings. The van der Waals surface area contributed by atoms with Gasteiger partial charge in [0.25, 0.3) is 0 Å². The SMILES string of the molecule is CCCCCCCCCc1ccc(C(=O)OC(CC)c2ccccc2)cn1. The Morgan fingerprint density at radius 2 is 1.63 bits per heavy atom. The van der Waals surface area contributed by atoms with Crippen molar-refractivity contribution in [1.29, 1.82) is 0 Å². The van der Waals surface area contributed by atoms with Crippen LogP contribution >= 0.6 is 0 Å². The van der Waals surface area contributed by atoms with Crippen LogP contribution in [0.4, 0.5) is 0 Å². The highest BCUT2D eigenvalue weighted by Crippen LogP contribution is 2.22. The first-order valence-electron chi connectivity index (χ1n) is 10.5. The molecule has 27 heavy (non-hydrogen) atoms. The van der Waals surface area contributed by atoms with Crippen LogP contribution in [0, 0.1) is 0 Å². The van der Waals surface area contributed by atoms with Gasteiger partial charge in [0.15, 0.2) is 0 Å². The van der Waals surface area contributed by atoms with Crippen LogP contribution in [0.2, 0.25) is 0 Å². The van der Waals surface area contributed by atoms with Gasteiger partial charge < -0.3 is 4.74 Å². The molecule has 2 aromatic rings. The molecule has 0 N–H and O–H groups in total. The van der Waals surface area contributed by atoms with E-state index in [-0.39, 0.29) is 12.1 Å². The smallest absolute Gasteiger partial charge is 0.340 e. The second-order valence-corrected chi connectivity index (χ2v) is 7.12. The van der Waals surface area contributed by atoms with Gasteiger partial charge in [-0.25, -0.2) is 4.79 Å². The van der Waals surface area contributed by atoms with E-state index in [9.17, 15) is 4.79 Å². The topological polar surface area (TPSA) is 39.2 Å². The van der Waals surface area contributed by atoms with E-state index < -0.39 is 0 Å². The number of benzene rings is 1. The number of ether oxygens (including phenoxy) is 1. The van der Waals surface area contributed by atoms with E-state index in [4.69, 9.17) is 4.74 Å². The zero-order chi connectivity index (χ0) is 19.3. The summed E-state index contributed by atoms with van der Waals surface area (Å²) in [4.78, 5) is 16.9. The van der Waals surface area contributed by atoms with Crippen LogP contribution in [-0.2, 0) is 11.2 Å². The lowest BCUT2D eigenvalue weighted by Gasteiger charge is -2.16. The summed E-state index contributed by atoms with van der Waals surface area (Å²) < 4.78 is 5.68. The van der Waals surface area contributed by atoms with Gasteiger partial charge in [0, 0.05) is 11.9 Å². The molecule has 3 heteroatoms. The Bertz CT molecular complexity index is 652. The highest BCUT2D eigenvalue weighted by atomic mass is 16.5. The number of esters is 1. The largest absolute Gasteiger partial charge is 0.454 e. The lowest BCUT2D eigenvalue weighted by atomic mass is 10.1. The molecule has 0 aliphatic carbocycles. The number of aryl methyl sites for hydroxylation is 1. The zero-order valence-electron chi connectivity index (χ0n) is 16.8. The van der Waals surface area contributed by atoms with Crippen LogP contribution < -0.4 is 0 Å². The molecule has 0 fully saturated rings. The quantitative estimate of drug-likeness (QED) is 0.310. The molecule has 146 valence electrons. The average Bonchev–Trinajstić information content (AvgIpc) is 2.72. The molecule has 0 aliphatic heterocycles. The standard InChI is InChI=1S/C24H33NO2/c1-3-5-6-7-8-9-13-16-22-18-17-21(19-25-22)24(26)27-23(4-2)20-14-11-10-12-15-20/h10-12,14-15,17-19,23H,3-9,13,16H2,1-2H3. The third kappa shape index (κ3) is 7.54. The van der Waals surface area contributed by atoms with Crippen molar-refractivity contribution in [2.75, 3.05) is 0 Å². The van der Waals surface area contributed by atoms with Gasteiger partial charge in [-0.2, -0.15) is 0 Å². The first-order valence-corrected chi connectivity index (χ1v) is 10.5. The maximum Gasteiger partial charge on any atom is 0.340 e. The molecule has 0 saturated heterocycles. The minimum Gasteiger partial charge on any atom is -0.454 e. The van der Waals surface area contributed by atoms with E-state index in [1.165, 1.54) is 38.5 Å². The van der Waals surface area contributed by atoms with Crippen molar-refractivity contribution in [3.05, 3.63) is 65.5 Å². The maximum atomic E-state index is 12.4. The van der Waals surface area contributed by atoms with Gasteiger partial charge >= 0.3 is 5.97 Å². The summed E-state index contributed by atoms with van der Waals surface area (Å²) >= 11 is 0. The molecule has 1 aromatic carbocycles. The molecule has 0 amide bonds. The predicted octanol–water partition coefficient (Wildman–Crippen LogP) is 6.68. The summed E-state index contributed by atoms with van der Waals surface area (Å²) in [6, 6.07) is 13.7. The lowest BCUT2D eigenvalue weighted by molar-refractivity contribution is 0.0287. The van der Waals surface area contributed by atoms with E-state index in [0.717, 1.165) is 30.5 Å². The third-order valence-corrected chi connectivity index (χ3v) is 4.89. The molecule has 1 atom stereocenters. The number of unbranched alkanes of at least 4 members (excludes halogenated alkanes) is 6. The molecule has 3 nitrogen and oxygen atoms in total. The summed E-state index contributed by atoms with van der Waals surface area (Å²) in [6.45, 7) is 4.27. The van der Waals surface area contributed by atoms with E-state index in [0.29, 0.717) is 5.56 Å². The number of nitrogens with zero attached hydrogens (tertiary/aromatic N) is 1. The third-order valence-electron chi connectivity index (χ3n) is 4.89. The Morgan fingerprint density at radius 1 is 0.926 bits per heavy atom. The van der Waals surface area contributed by atoms with Crippen LogP contribution in [0.3, 0.4) is 0 Å². The first-order chi connectivity index (χ1) is 13.2. The molecule has 2 rings (SSSR count). The van der Waals surface area contributed by atoms with Crippen LogP contribution in [-0.4, -0.2) is 11.0 Å². The van der Waals surface area contributed by atoms with Gasteiger partial charge in [-0.3, -0.25) is 4.98 Å². The minimum atomic E-state index is -0.305. The van der Waals surface area contributed by atoms with Crippen molar-refractivity contribution in [2.24, 2.45) is 0 Å². The van der Waals surface area contributed by atoms with Crippen LogP contribution in [0.25, 0.3) is 0 Å². The predicted molar refractivity (Wildman–Crippen MR) is 111 cm³/mol. The number of rotatable bonds is 12. The summed E-state index contributed by atoms with van der Waals surface area (Å²) in [7, 11) is 0. The first kappa shape index (κ1) is 21.1. The van der Waals surface area contributed by atoms with Gasteiger partial charge in [0.1, 0.15) is 6.10 Å². The van der Waals surface area contributed by atoms with Crippen molar-refractivity contribution >= 4 is 5.97 Å². The second-order valence-electron chi connectivity index (χ2n) is 7.12. The number of carbonyl (C=O) groups excluding carboxylic acids is 1. The van der Waals surface area contributed by atoms with Crippen molar-refractivity contribution in [2.45, 2.75) is 77.7 Å². The fourth-order valence-corrected chi connectivity index (χ4v) is 3.21. The van der Waals surface area contributed by atoms with Gasteiger partial charge in [-0.05, 0) is 37.0 Å². The highest BCUT2D eigenvalue weighted by Gasteiger charge is 2.16. The molecule has 0 saturated carbocycles. The zero-order valence-corrected chi connectivity index (χ0v) is 16.8.